The van der Waals surface area contributed by atoms with Gasteiger partial charge < -0.3 is 9.64 Å². The van der Waals surface area contributed by atoms with E-state index in [4.69, 9.17) is 0 Å². The molecule has 0 aromatic carbocycles. The number of unbranched alkanes of at least 4 members (excludes halogenated alkanes) is 3. The van der Waals surface area contributed by atoms with Gasteiger partial charge in [0.05, 0.1) is 13.5 Å². The van der Waals surface area contributed by atoms with Crippen LogP contribution in [0.4, 0.5) is 0 Å². The SMILES string of the molecule is CCCCCCC(=O)N(CC)CCC(=O)OC. The molecule has 0 aromatic heterocycles. The van der Waals surface area contributed by atoms with Crippen molar-refractivity contribution in [2.24, 2.45) is 0 Å². The highest BCUT2D eigenvalue weighted by atomic mass is 16.5. The second kappa shape index (κ2) is 10.1. The zero-order valence-electron chi connectivity index (χ0n) is 11.3. The highest BCUT2D eigenvalue weighted by Gasteiger charge is 2.12. The van der Waals surface area contributed by atoms with E-state index < -0.39 is 0 Å². The van der Waals surface area contributed by atoms with Crippen LogP contribution in [0.3, 0.4) is 0 Å². The number of carbonyl (C=O) groups is 2. The zero-order chi connectivity index (χ0) is 13.1. The molecule has 0 rings (SSSR count). The summed E-state index contributed by atoms with van der Waals surface area (Å²) in [7, 11) is 1.37. The lowest BCUT2D eigenvalue weighted by Crippen LogP contribution is -2.32. The Hall–Kier alpha value is -1.06. The molecule has 0 atom stereocenters. The molecule has 0 aliphatic heterocycles. The molecule has 0 N–H and O–H groups in total. The first-order chi connectivity index (χ1) is 8.15. The zero-order valence-corrected chi connectivity index (χ0v) is 11.3. The van der Waals surface area contributed by atoms with Gasteiger partial charge in [0.25, 0.3) is 0 Å². The quantitative estimate of drug-likeness (QED) is 0.461. The lowest BCUT2D eigenvalue weighted by atomic mass is 10.1. The fourth-order valence-electron chi connectivity index (χ4n) is 1.65. The summed E-state index contributed by atoms with van der Waals surface area (Å²) in [5.74, 6) is -0.116. The average molecular weight is 243 g/mol. The Kier molecular flexibility index (Phi) is 9.49. The molecule has 0 saturated carbocycles. The third kappa shape index (κ3) is 7.77. The largest absolute Gasteiger partial charge is 0.469 e. The molecule has 17 heavy (non-hydrogen) atoms. The Balaban J connectivity index is 3.83. The van der Waals surface area contributed by atoms with Crippen molar-refractivity contribution in [3.05, 3.63) is 0 Å². The van der Waals surface area contributed by atoms with Crippen LogP contribution in [-0.2, 0) is 14.3 Å². The van der Waals surface area contributed by atoms with Gasteiger partial charge >= 0.3 is 5.97 Å². The minimum Gasteiger partial charge on any atom is -0.469 e. The molecule has 0 heterocycles. The van der Waals surface area contributed by atoms with Crippen molar-refractivity contribution in [3.8, 4) is 0 Å². The number of hydrogen-bond acceptors (Lipinski definition) is 3. The first kappa shape index (κ1) is 15.9. The fourth-order valence-corrected chi connectivity index (χ4v) is 1.65. The average Bonchev–Trinajstić information content (AvgIpc) is 2.35. The molecule has 1 amide bonds. The molecule has 0 radical (unpaired) electrons. The van der Waals surface area contributed by atoms with Gasteiger partial charge in [0.15, 0.2) is 0 Å². The van der Waals surface area contributed by atoms with Crippen molar-refractivity contribution in [2.45, 2.75) is 52.4 Å². The molecule has 0 spiro atoms. The van der Waals surface area contributed by atoms with Gasteiger partial charge in [-0.05, 0) is 13.3 Å². The Morgan fingerprint density at radius 3 is 2.29 bits per heavy atom. The van der Waals surface area contributed by atoms with Gasteiger partial charge in [0, 0.05) is 19.5 Å². The number of hydrogen-bond donors (Lipinski definition) is 0. The van der Waals surface area contributed by atoms with Gasteiger partial charge in [-0.1, -0.05) is 26.2 Å². The number of nitrogens with zero attached hydrogens (tertiary/aromatic N) is 1. The summed E-state index contributed by atoms with van der Waals surface area (Å²) in [6.45, 7) is 5.21. The van der Waals surface area contributed by atoms with Gasteiger partial charge in [-0.15, -0.1) is 0 Å². The van der Waals surface area contributed by atoms with Crippen molar-refractivity contribution in [1.29, 1.82) is 0 Å². The van der Waals surface area contributed by atoms with Crippen LogP contribution in [0.5, 0.6) is 0 Å². The van der Waals surface area contributed by atoms with Gasteiger partial charge in [-0.25, -0.2) is 0 Å². The Morgan fingerprint density at radius 1 is 1.06 bits per heavy atom. The summed E-state index contributed by atoms with van der Waals surface area (Å²) in [6.07, 6.45) is 5.29. The van der Waals surface area contributed by atoms with Crippen molar-refractivity contribution >= 4 is 11.9 Å². The molecule has 0 fully saturated rings. The summed E-state index contributed by atoms with van der Waals surface area (Å²) in [4.78, 5) is 24.5. The van der Waals surface area contributed by atoms with E-state index in [0.717, 1.165) is 12.8 Å². The Morgan fingerprint density at radius 2 is 1.76 bits per heavy atom. The maximum absolute atomic E-state index is 11.8. The lowest BCUT2D eigenvalue weighted by molar-refractivity contribution is -0.141. The Labute approximate surface area is 104 Å². The van der Waals surface area contributed by atoms with Gasteiger partial charge in [0.1, 0.15) is 0 Å². The number of ether oxygens (including phenoxy) is 1. The van der Waals surface area contributed by atoms with Crippen LogP contribution < -0.4 is 0 Å². The molecule has 4 heteroatoms. The molecule has 0 aliphatic carbocycles. The van der Waals surface area contributed by atoms with E-state index in [1.54, 1.807) is 4.90 Å². The van der Waals surface area contributed by atoms with E-state index in [1.165, 1.54) is 20.0 Å². The van der Waals surface area contributed by atoms with Gasteiger partial charge in [-0.2, -0.15) is 0 Å². The highest BCUT2D eigenvalue weighted by molar-refractivity contribution is 5.77. The van der Waals surface area contributed by atoms with E-state index in [9.17, 15) is 9.59 Å². The summed E-state index contributed by atoms with van der Waals surface area (Å²) in [5.41, 5.74) is 0. The third-order valence-corrected chi connectivity index (χ3v) is 2.79. The number of amides is 1. The predicted octanol–water partition coefficient (Wildman–Crippen LogP) is 2.37. The molecule has 4 nitrogen and oxygen atoms in total. The fraction of sp³-hybridized carbons (Fsp3) is 0.846. The van der Waals surface area contributed by atoms with E-state index in [2.05, 4.69) is 11.7 Å². The maximum Gasteiger partial charge on any atom is 0.307 e. The minimum absolute atomic E-state index is 0.146. The number of methoxy groups -OCH3 is 1. The first-order valence-electron chi connectivity index (χ1n) is 6.50. The van der Waals surface area contributed by atoms with E-state index in [-0.39, 0.29) is 18.3 Å². The predicted molar refractivity (Wildman–Crippen MR) is 67.6 cm³/mol. The molecule has 100 valence electrons. The van der Waals surface area contributed by atoms with Crippen LogP contribution in [0, 0.1) is 0 Å². The normalized spacial score (nSPS) is 10.1. The lowest BCUT2D eigenvalue weighted by Gasteiger charge is -2.20. The van der Waals surface area contributed by atoms with Crippen molar-refractivity contribution in [3.63, 3.8) is 0 Å². The van der Waals surface area contributed by atoms with Crippen LogP contribution >= 0.6 is 0 Å². The van der Waals surface area contributed by atoms with Crippen molar-refractivity contribution in [2.75, 3.05) is 20.2 Å². The molecule has 0 bridgehead atoms. The molecular formula is C13H25NO3. The number of esters is 1. The second-order valence-corrected chi connectivity index (χ2v) is 4.11. The number of carbonyl (C=O) groups excluding carboxylic acids is 2. The standard InChI is InChI=1S/C13H25NO3/c1-4-6-7-8-9-12(15)14(5-2)11-10-13(16)17-3/h4-11H2,1-3H3. The monoisotopic (exact) mass is 243 g/mol. The maximum atomic E-state index is 11.8. The molecule has 0 aliphatic rings. The summed E-state index contributed by atoms with van der Waals surface area (Å²) in [5, 5.41) is 0. The van der Waals surface area contributed by atoms with E-state index >= 15 is 0 Å². The van der Waals surface area contributed by atoms with Crippen LogP contribution in [0.1, 0.15) is 52.4 Å². The molecular weight excluding hydrogens is 218 g/mol. The van der Waals surface area contributed by atoms with Gasteiger partial charge in [-0.3, -0.25) is 9.59 Å². The molecule has 0 aromatic rings. The van der Waals surface area contributed by atoms with Crippen LogP contribution in [-0.4, -0.2) is 37.0 Å². The summed E-state index contributed by atoms with van der Waals surface area (Å²) >= 11 is 0. The summed E-state index contributed by atoms with van der Waals surface area (Å²) in [6, 6.07) is 0. The topological polar surface area (TPSA) is 46.6 Å². The van der Waals surface area contributed by atoms with Crippen LogP contribution in [0.15, 0.2) is 0 Å². The van der Waals surface area contributed by atoms with Gasteiger partial charge in [0.2, 0.25) is 5.91 Å². The molecule has 0 unspecified atom stereocenters. The van der Waals surface area contributed by atoms with E-state index in [1.807, 2.05) is 6.92 Å². The Bertz CT molecular complexity index is 229. The van der Waals surface area contributed by atoms with Crippen LogP contribution in [0.25, 0.3) is 0 Å². The smallest absolute Gasteiger partial charge is 0.307 e. The van der Waals surface area contributed by atoms with Crippen molar-refractivity contribution in [1.82, 2.24) is 4.90 Å². The van der Waals surface area contributed by atoms with Crippen LogP contribution in [0.2, 0.25) is 0 Å². The molecule has 0 saturated heterocycles. The number of rotatable bonds is 9. The minimum atomic E-state index is -0.262. The van der Waals surface area contributed by atoms with E-state index in [0.29, 0.717) is 19.5 Å². The first-order valence-corrected chi connectivity index (χ1v) is 6.50. The highest BCUT2D eigenvalue weighted by Crippen LogP contribution is 2.06. The third-order valence-electron chi connectivity index (χ3n) is 2.79. The van der Waals surface area contributed by atoms with Crippen molar-refractivity contribution < 1.29 is 14.3 Å². The summed E-state index contributed by atoms with van der Waals surface area (Å²) < 4.78 is 4.56. The second-order valence-electron chi connectivity index (χ2n) is 4.11.